The molecule has 218 valence electrons. The molecule has 11 nitrogen and oxygen atoms in total. The zero-order valence-corrected chi connectivity index (χ0v) is 23.4. The van der Waals surface area contributed by atoms with Gasteiger partial charge >= 0.3 is 5.97 Å². The fourth-order valence-corrected chi connectivity index (χ4v) is 4.69. The van der Waals surface area contributed by atoms with Gasteiger partial charge in [0.1, 0.15) is 11.9 Å². The van der Waals surface area contributed by atoms with Crippen LogP contribution in [0, 0.1) is 0 Å². The maximum absolute atomic E-state index is 13.5. The first-order valence-electron chi connectivity index (χ1n) is 13.5. The van der Waals surface area contributed by atoms with Crippen LogP contribution >= 0.6 is 0 Å². The highest BCUT2D eigenvalue weighted by Crippen LogP contribution is 2.29. The minimum absolute atomic E-state index is 0.103. The van der Waals surface area contributed by atoms with Crippen LogP contribution in [0.3, 0.4) is 0 Å². The molecule has 0 bridgehead atoms. The Balaban J connectivity index is 1.34. The average molecular weight is 582 g/mol. The standard InChI is InChI=1S/C31H28FN7O4/c1-38(17-18-6-9-22(43-2)10-7-18)26-14-28(37-39-27(16-34-29(26)39)30(40)36-25-13-23(25)32)35-21-5-3-4-19(12-21)24-11-8-20(15-33-24)31(41)42/h3-12,14-16,23,25H,13,17H2,1-2H3,(H,35,37)(H,36,40)(H,41,42). The second kappa shape index (κ2) is 11.4. The number of halogens is 1. The van der Waals surface area contributed by atoms with Gasteiger partial charge in [-0.1, -0.05) is 24.3 Å². The number of alkyl halides is 1. The van der Waals surface area contributed by atoms with Crippen molar-refractivity contribution in [3.05, 3.63) is 95.9 Å². The topological polar surface area (TPSA) is 134 Å². The van der Waals surface area contributed by atoms with Gasteiger partial charge in [-0.3, -0.25) is 9.78 Å². The molecule has 6 rings (SSSR count). The number of anilines is 3. The number of imidazole rings is 1. The monoisotopic (exact) mass is 581 g/mol. The second-order valence-corrected chi connectivity index (χ2v) is 10.3. The third-order valence-electron chi connectivity index (χ3n) is 7.14. The molecule has 2 aromatic carbocycles. The van der Waals surface area contributed by atoms with E-state index in [2.05, 4.69) is 25.7 Å². The van der Waals surface area contributed by atoms with Crippen molar-refractivity contribution in [2.45, 2.75) is 25.2 Å². The van der Waals surface area contributed by atoms with Crippen LogP contribution in [0.5, 0.6) is 5.75 Å². The number of benzene rings is 2. The molecule has 1 saturated carbocycles. The first-order valence-corrected chi connectivity index (χ1v) is 13.5. The molecule has 5 aromatic rings. The Bertz CT molecular complexity index is 1810. The molecular formula is C31H28FN7O4. The molecule has 0 saturated heterocycles. The Kier molecular flexibility index (Phi) is 7.33. The SMILES string of the molecule is COc1ccc(CN(C)c2cc(Nc3cccc(-c4ccc(C(=O)O)cn4)c3)nn3c(C(=O)NC4CC4F)cnc23)cc1. The van der Waals surface area contributed by atoms with Gasteiger partial charge in [-0.2, -0.15) is 0 Å². The minimum atomic E-state index is -1.04. The fraction of sp³-hybridized carbons (Fsp3) is 0.194. The number of ether oxygens (including phenoxy) is 1. The van der Waals surface area contributed by atoms with Gasteiger partial charge in [-0.15, -0.1) is 5.10 Å². The van der Waals surface area contributed by atoms with Crippen LogP contribution in [0.15, 0.2) is 79.1 Å². The highest BCUT2D eigenvalue weighted by Gasteiger charge is 2.39. The van der Waals surface area contributed by atoms with E-state index >= 15 is 0 Å². The number of methoxy groups -OCH3 is 1. The molecule has 12 heteroatoms. The van der Waals surface area contributed by atoms with Crippen LogP contribution in [0.4, 0.5) is 21.6 Å². The number of carbonyl (C=O) groups excluding carboxylic acids is 1. The third kappa shape index (κ3) is 5.94. The van der Waals surface area contributed by atoms with Gasteiger partial charge in [0.2, 0.25) is 0 Å². The lowest BCUT2D eigenvalue weighted by molar-refractivity contribution is 0.0696. The maximum Gasteiger partial charge on any atom is 0.337 e. The number of nitrogens with zero attached hydrogens (tertiary/aromatic N) is 5. The van der Waals surface area contributed by atoms with E-state index in [-0.39, 0.29) is 11.3 Å². The van der Waals surface area contributed by atoms with E-state index in [0.717, 1.165) is 16.9 Å². The zero-order valence-electron chi connectivity index (χ0n) is 23.4. The predicted molar refractivity (Wildman–Crippen MR) is 159 cm³/mol. The van der Waals surface area contributed by atoms with E-state index in [1.54, 1.807) is 13.2 Å². The second-order valence-electron chi connectivity index (χ2n) is 10.3. The highest BCUT2D eigenvalue weighted by atomic mass is 19.1. The fourth-order valence-electron chi connectivity index (χ4n) is 4.69. The van der Waals surface area contributed by atoms with Gasteiger partial charge in [-0.05, 0) is 42.0 Å². The van der Waals surface area contributed by atoms with Crippen molar-refractivity contribution in [1.29, 1.82) is 0 Å². The smallest absolute Gasteiger partial charge is 0.337 e. The number of hydrogen-bond acceptors (Lipinski definition) is 8. The molecule has 1 aliphatic carbocycles. The van der Waals surface area contributed by atoms with Crippen molar-refractivity contribution < 1.29 is 23.8 Å². The summed E-state index contributed by atoms with van der Waals surface area (Å²) >= 11 is 0. The minimum Gasteiger partial charge on any atom is -0.497 e. The molecule has 0 radical (unpaired) electrons. The van der Waals surface area contributed by atoms with Crippen molar-refractivity contribution in [2.75, 3.05) is 24.4 Å². The number of nitrogens with one attached hydrogen (secondary N) is 2. The van der Waals surface area contributed by atoms with Crippen molar-refractivity contribution in [3.8, 4) is 17.0 Å². The van der Waals surface area contributed by atoms with Crippen molar-refractivity contribution in [2.24, 2.45) is 0 Å². The molecule has 3 aromatic heterocycles. The predicted octanol–water partition coefficient (Wildman–Crippen LogP) is 4.72. The summed E-state index contributed by atoms with van der Waals surface area (Å²) < 4.78 is 20.3. The van der Waals surface area contributed by atoms with Crippen LogP contribution < -0.4 is 20.3 Å². The summed E-state index contributed by atoms with van der Waals surface area (Å²) in [7, 11) is 3.54. The summed E-state index contributed by atoms with van der Waals surface area (Å²) in [5.74, 6) is -0.298. The Morgan fingerprint density at radius 1 is 1.09 bits per heavy atom. The van der Waals surface area contributed by atoms with Crippen molar-refractivity contribution in [1.82, 2.24) is 24.9 Å². The van der Waals surface area contributed by atoms with E-state index in [1.165, 1.54) is 23.0 Å². The number of aromatic carboxylic acids is 1. The van der Waals surface area contributed by atoms with Crippen LogP contribution in [0.2, 0.25) is 0 Å². The summed E-state index contributed by atoms with van der Waals surface area (Å²) in [6.07, 6.45) is 2.01. The largest absolute Gasteiger partial charge is 0.497 e. The molecule has 43 heavy (non-hydrogen) atoms. The first kappa shape index (κ1) is 27.6. The molecular weight excluding hydrogens is 553 g/mol. The highest BCUT2D eigenvalue weighted by molar-refractivity contribution is 5.94. The Morgan fingerprint density at radius 3 is 2.56 bits per heavy atom. The van der Waals surface area contributed by atoms with Crippen LogP contribution in [-0.4, -0.2) is 62.9 Å². The normalized spacial score (nSPS) is 15.6. The van der Waals surface area contributed by atoms with Crippen LogP contribution in [0.25, 0.3) is 16.9 Å². The lowest BCUT2D eigenvalue weighted by Gasteiger charge is -2.21. The molecule has 1 amide bonds. The molecule has 3 heterocycles. The molecule has 3 N–H and O–H groups in total. The quantitative estimate of drug-likeness (QED) is 0.214. The van der Waals surface area contributed by atoms with Crippen molar-refractivity contribution >= 4 is 34.7 Å². The summed E-state index contributed by atoms with van der Waals surface area (Å²) in [5.41, 5.74) is 4.58. The lowest BCUT2D eigenvalue weighted by atomic mass is 10.1. The van der Waals surface area contributed by atoms with Gasteiger partial charge in [-0.25, -0.2) is 18.7 Å². The number of carboxylic acid groups (broad SMARTS) is 1. The van der Waals surface area contributed by atoms with Gasteiger partial charge in [0.25, 0.3) is 5.91 Å². The summed E-state index contributed by atoms with van der Waals surface area (Å²) in [4.78, 5) is 35.0. The van der Waals surface area contributed by atoms with E-state index in [9.17, 15) is 19.1 Å². The molecule has 1 aliphatic rings. The van der Waals surface area contributed by atoms with E-state index in [0.29, 0.717) is 41.5 Å². The number of fused-ring (bicyclic) bond motifs is 1. The van der Waals surface area contributed by atoms with Gasteiger partial charge in [0.05, 0.1) is 36.3 Å². The lowest BCUT2D eigenvalue weighted by Crippen LogP contribution is -2.28. The summed E-state index contributed by atoms with van der Waals surface area (Å²) in [6, 6.07) is 19.7. The number of carbonyl (C=O) groups is 2. The van der Waals surface area contributed by atoms with E-state index in [4.69, 9.17) is 4.74 Å². The summed E-state index contributed by atoms with van der Waals surface area (Å²) in [5, 5.41) is 19.9. The van der Waals surface area contributed by atoms with E-state index < -0.39 is 24.1 Å². The summed E-state index contributed by atoms with van der Waals surface area (Å²) in [6.45, 7) is 0.538. The number of hydrogen-bond donors (Lipinski definition) is 3. The Hall–Kier alpha value is -5.52. The molecule has 2 unspecified atom stereocenters. The third-order valence-corrected chi connectivity index (χ3v) is 7.14. The average Bonchev–Trinajstić information content (AvgIpc) is 3.53. The van der Waals surface area contributed by atoms with Gasteiger partial charge in [0, 0.05) is 43.5 Å². The van der Waals surface area contributed by atoms with Gasteiger partial charge < -0.3 is 25.4 Å². The van der Waals surface area contributed by atoms with Crippen LogP contribution in [-0.2, 0) is 6.54 Å². The number of amides is 1. The Labute approximate surface area is 246 Å². The number of pyridine rings is 1. The van der Waals surface area contributed by atoms with Crippen LogP contribution in [0.1, 0.15) is 32.8 Å². The zero-order chi connectivity index (χ0) is 30.1. The number of rotatable bonds is 10. The van der Waals surface area contributed by atoms with Crippen molar-refractivity contribution in [3.63, 3.8) is 0 Å². The maximum atomic E-state index is 13.5. The first-order chi connectivity index (χ1) is 20.8. The number of aromatic nitrogens is 4. The molecule has 2 atom stereocenters. The Morgan fingerprint density at radius 2 is 1.88 bits per heavy atom. The van der Waals surface area contributed by atoms with Gasteiger partial charge in [0.15, 0.2) is 17.2 Å². The molecule has 0 spiro atoms. The molecule has 1 fully saturated rings. The van der Waals surface area contributed by atoms with E-state index in [1.807, 2.05) is 66.5 Å². The number of carboxylic acids is 1. The molecule has 0 aliphatic heterocycles.